The first-order valence-corrected chi connectivity index (χ1v) is 20.2. The second-order valence-electron chi connectivity index (χ2n) is 19.7. The van der Waals surface area contributed by atoms with Gasteiger partial charge >= 0.3 is 0 Å². The summed E-state index contributed by atoms with van der Waals surface area (Å²) in [6.07, 6.45) is 0. The molecule has 2 heterocycles. The predicted molar refractivity (Wildman–Crippen MR) is 242 cm³/mol. The molecule has 7 aromatic rings. The molecule has 0 atom stereocenters. The SMILES string of the molecule is [C-]#[N+]c1cccc(-c2[c-]c(-c3cccc4c3nc(-c3cc(C(C)(C)C)cc(C(C)(C)C)c3O)n4-c3ccccc3)cc(-c3cc(C(C)(C)C)cc(C(C)(C)C)c3)c2)n1.[Pt]. The van der Waals surface area contributed by atoms with Crippen molar-refractivity contribution in [1.29, 1.82) is 0 Å². The molecule has 1 N–H and O–H groups in total. The standard InChI is InChI=1S/C53H55N4O.Pt/c1-50(2,3)37-28-34(29-38(30-37)51(4,5)6)33-25-35(27-36(26-33)44-22-18-24-46(54-13)55-44)41-21-17-23-45-47(41)56-49(57(45)40-19-15-14-16-20-40)42-31-39(52(7,8)9)32-43(48(42)58)53(10,11)12;/h14-26,28-32,58H,1-12H3;/q-1;. The van der Waals surface area contributed by atoms with Crippen molar-refractivity contribution in [3.8, 4) is 56.3 Å². The Morgan fingerprint density at radius 1 is 0.576 bits per heavy atom. The molecule has 0 fully saturated rings. The van der Waals surface area contributed by atoms with Gasteiger partial charge in [-0.1, -0.05) is 167 Å². The summed E-state index contributed by atoms with van der Waals surface area (Å²) >= 11 is 0. The van der Waals surface area contributed by atoms with E-state index in [4.69, 9.17) is 16.5 Å². The van der Waals surface area contributed by atoms with Gasteiger partial charge in [0.25, 0.3) is 5.82 Å². The Hall–Kier alpha value is -5.30. The molecule has 0 saturated heterocycles. The molecule has 7 rings (SSSR count). The summed E-state index contributed by atoms with van der Waals surface area (Å²) < 4.78 is 2.17. The minimum absolute atomic E-state index is 0. The van der Waals surface area contributed by atoms with E-state index in [1.54, 1.807) is 6.07 Å². The van der Waals surface area contributed by atoms with Gasteiger partial charge in [0.15, 0.2) is 0 Å². The first-order chi connectivity index (χ1) is 27.1. The number of rotatable bonds is 5. The molecule has 5 nitrogen and oxygen atoms in total. The summed E-state index contributed by atoms with van der Waals surface area (Å²) in [6.45, 7) is 34.3. The number of imidazole rings is 1. The Balaban J connectivity index is 0.00000585. The van der Waals surface area contributed by atoms with Gasteiger partial charge in [-0.3, -0.25) is 4.57 Å². The minimum atomic E-state index is -0.309. The van der Waals surface area contributed by atoms with Crippen molar-refractivity contribution in [3.05, 3.63) is 149 Å². The molecule has 0 aliphatic heterocycles. The largest absolute Gasteiger partial charge is 0.507 e. The van der Waals surface area contributed by atoms with E-state index in [0.717, 1.165) is 55.7 Å². The molecule has 0 unspecified atom stereocenters. The summed E-state index contributed by atoms with van der Waals surface area (Å²) in [5.41, 5.74) is 12.6. The third-order valence-electron chi connectivity index (χ3n) is 11.0. The molecular formula is C53H55N4OPt-. The smallest absolute Gasteiger partial charge is 0.262 e. The van der Waals surface area contributed by atoms with Crippen LogP contribution in [-0.4, -0.2) is 19.6 Å². The number of phenols is 1. The van der Waals surface area contributed by atoms with Crippen LogP contribution in [-0.2, 0) is 42.7 Å². The quantitative estimate of drug-likeness (QED) is 0.175. The Morgan fingerprint density at radius 3 is 1.75 bits per heavy atom. The maximum absolute atomic E-state index is 12.2. The van der Waals surface area contributed by atoms with Crippen LogP contribution in [0.1, 0.15) is 105 Å². The third kappa shape index (κ3) is 8.71. The molecule has 59 heavy (non-hydrogen) atoms. The first kappa shape index (κ1) is 43.3. The van der Waals surface area contributed by atoms with Crippen LogP contribution in [0.3, 0.4) is 0 Å². The third-order valence-corrected chi connectivity index (χ3v) is 11.0. The first-order valence-electron chi connectivity index (χ1n) is 20.2. The normalized spacial score (nSPS) is 12.3. The van der Waals surface area contributed by atoms with Crippen LogP contribution in [0, 0.1) is 12.6 Å². The van der Waals surface area contributed by atoms with Crippen molar-refractivity contribution in [2.75, 3.05) is 0 Å². The average Bonchev–Trinajstić information content (AvgIpc) is 3.56. The van der Waals surface area contributed by atoms with Crippen LogP contribution >= 0.6 is 0 Å². The van der Waals surface area contributed by atoms with E-state index < -0.39 is 0 Å². The monoisotopic (exact) mass is 958 g/mol. The zero-order chi connectivity index (χ0) is 41.9. The summed E-state index contributed by atoms with van der Waals surface area (Å²) in [4.78, 5) is 13.9. The summed E-state index contributed by atoms with van der Waals surface area (Å²) in [5.74, 6) is 1.24. The summed E-state index contributed by atoms with van der Waals surface area (Å²) in [7, 11) is 0. The minimum Gasteiger partial charge on any atom is -0.507 e. The van der Waals surface area contributed by atoms with E-state index in [1.807, 2.05) is 30.3 Å². The maximum atomic E-state index is 12.2. The molecule has 0 saturated carbocycles. The fourth-order valence-corrected chi connectivity index (χ4v) is 7.46. The average molecular weight is 959 g/mol. The number of para-hydroxylation sites is 2. The number of hydrogen-bond donors (Lipinski definition) is 1. The van der Waals surface area contributed by atoms with E-state index in [-0.39, 0.29) is 48.5 Å². The molecule has 0 amide bonds. The summed E-state index contributed by atoms with van der Waals surface area (Å²) in [6, 6.07) is 41.4. The number of aromatic nitrogens is 3. The van der Waals surface area contributed by atoms with Crippen molar-refractivity contribution in [2.45, 2.75) is 105 Å². The number of pyridine rings is 1. The maximum Gasteiger partial charge on any atom is 0.262 e. The number of benzene rings is 5. The zero-order valence-electron chi connectivity index (χ0n) is 36.4. The van der Waals surface area contributed by atoms with Gasteiger partial charge in [-0.05, 0) is 80.3 Å². The number of hydrogen-bond acceptors (Lipinski definition) is 3. The van der Waals surface area contributed by atoms with E-state index >= 15 is 0 Å². The number of phenolic OH excluding ortho intramolecular Hbond substituents is 1. The molecule has 2 aromatic heterocycles. The van der Waals surface area contributed by atoms with Gasteiger partial charge in [0.2, 0.25) is 0 Å². The van der Waals surface area contributed by atoms with E-state index in [1.165, 1.54) is 11.1 Å². The second kappa shape index (κ2) is 15.7. The van der Waals surface area contributed by atoms with E-state index in [9.17, 15) is 5.11 Å². The van der Waals surface area contributed by atoms with E-state index in [2.05, 4.69) is 171 Å². The van der Waals surface area contributed by atoms with Crippen molar-refractivity contribution < 1.29 is 26.2 Å². The van der Waals surface area contributed by atoms with Gasteiger partial charge in [0.1, 0.15) is 11.6 Å². The van der Waals surface area contributed by atoms with Crippen LogP contribution in [0.4, 0.5) is 5.82 Å². The molecular weight excluding hydrogens is 904 g/mol. The van der Waals surface area contributed by atoms with Crippen molar-refractivity contribution in [1.82, 2.24) is 14.5 Å². The van der Waals surface area contributed by atoms with Gasteiger partial charge in [-0.15, -0.1) is 23.8 Å². The fraction of sp³-hybridized carbons (Fsp3) is 0.302. The Bertz CT molecular complexity index is 2690. The number of fused-ring (bicyclic) bond motifs is 1. The molecule has 0 radical (unpaired) electrons. The van der Waals surface area contributed by atoms with Gasteiger partial charge in [-0.25, -0.2) is 4.98 Å². The number of nitrogens with zero attached hydrogens (tertiary/aromatic N) is 4. The fourth-order valence-electron chi connectivity index (χ4n) is 7.46. The van der Waals surface area contributed by atoms with Gasteiger partial charge < -0.3 is 9.95 Å². The summed E-state index contributed by atoms with van der Waals surface area (Å²) in [5, 5.41) is 12.2. The van der Waals surface area contributed by atoms with Crippen LogP contribution in [0.15, 0.2) is 109 Å². The van der Waals surface area contributed by atoms with Crippen LogP contribution in [0.25, 0.3) is 66.5 Å². The zero-order valence-corrected chi connectivity index (χ0v) is 38.7. The van der Waals surface area contributed by atoms with Crippen molar-refractivity contribution in [2.24, 2.45) is 0 Å². The molecule has 0 spiro atoms. The number of aromatic hydroxyl groups is 1. The molecule has 0 bridgehead atoms. The van der Waals surface area contributed by atoms with E-state index in [0.29, 0.717) is 22.9 Å². The Labute approximate surface area is 365 Å². The van der Waals surface area contributed by atoms with Gasteiger partial charge in [0.05, 0.1) is 22.3 Å². The molecule has 0 aliphatic rings. The Kier molecular flexibility index (Phi) is 11.5. The predicted octanol–water partition coefficient (Wildman–Crippen LogP) is 14.3. The molecule has 5 aromatic carbocycles. The van der Waals surface area contributed by atoms with Crippen molar-refractivity contribution in [3.63, 3.8) is 0 Å². The van der Waals surface area contributed by atoms with Crippen molar-refractivity contribution >= 4 is 16.9 Å². The second-order valence-corrected chi connectivity index (χ2v) is 19.7. The van der Waals surface area contributed by atoms with Crippen LogP contribution < -0.4 is 0 Å². The van der Waals surface area contributed by atoms with Crippen LogP contribution in [0.5, 0.6) is 5.75 Å². The van der Waals surface area contributed by atoms with Gasteiger partial charge in [0, 0.05) is 32.3 Å². The van der Waals surface area contributed by atoms with Gasteiger partial charge in [-0.2, -0.15) is 4.98 Å². The molecule has 6 heteroatoms. The topological polar surface area (TPSA) is 55.3 Å². The Morgan fingerprint density at radius 2 is 1.15 bits per heavy atom. The van der Waals surface area contributed by atoms with Crippen LogP contribution in [0.2, 0.25) is 0 Å². The molecule has 0 aliphatic carbocycles. The molecule has 304 valence electrons.